The number of fused-ring (bicyclic) bond motifs is 1. The first-order chi connectivity index (χ1) is 8.79. The number of halogens is 1. The standard InChI is InChI=1S/C15H18BrNO/c16-9-15(18)17-10-13-4-2-1-3-11(13)7-8-14(17)12-5-6-12/h1-4,12,14H,5-10H2. The van der Waals surface area contributed by atoms with Crippen molar-refractivity contribution < 1.29 is 4.79 Å². The van der Waals surface area contributed by atoms with Gasteiger partial charge in [0.2, 0.25) is 5.91 Å². The lowest BCUT2D eigenvalue weighted by Crippen LogP contribution is -2.41. The second-order valence-corrected chi connectivity index (χ2v) is 5.93. The van der Waals surface area contributed by atoms with Crippen LogP contribution >= 0.6 is 15.9 Å². The quantitative estimate of drug-likeness (QED) is 0.769. The molecule has 1 saturated carbocycles. The van der Waals surface area contributed by atoms with Crippen LogP contribution in [0.1, 0.15) is 30.4 Å². The average Bonchev–Trinajstić information content (AvgIpc) is 3.22. The van der Waals surface area contributed by atoms with Gasteiger partial charge in [-0.2, -0.15) is 0 Å². The molecule has 1 aromatic rings. The predicted octanol–water partition coefficient (Wildman–Crippen LogP) is 3.13. The molecule has 18 heavy (non-hydrogen) atoms. The Morgan fingerprint density at radius 1 is 1.22 bits per heavy atom. The minimum Gasteiger partial charge on any atom is -0.334 e. The first-order valence-electron chi connectivity index (χ1n) is 6.72. The fraction of sp³-hybridized carbons (Fsp3) is 0.533. The van der Waals surface area contributed by atoms with Crippen molar-refractivity contribution in [1.29, 1.82) is 0 Å². The zero-order valence-electron chi connectivity index (χ0n) is 10.4. The summed E-state index contributed by atoms with van der Waals surface area (Å²) >= 11 is 3.32. The molecule has 2 aliphatic rings. The topological polar surface area (TPSA) is 20.3 Å². The molecule has 0 N–H and O–H groups in total. The number of nitrogens with zero attached hydrogens (tertiary/aromatic N) is 1. The summed E-state index contributed by atoms with van der Waals surface area (Å²) in [5, 5.41) is 0.443. The zero-order chi connectivity index (χ0) is 12.5. The molecule has 3 rings (SSSR count). The van der Waals surface area contributed by atoms with Gasteiger partial charge in [-0.05, 0) is 42.7 Å². The van der Waals surface area contributed by atoms with Crippen molar-refractivity contribution in [3.8, 4) is 0 Å². The highest BCUT2D eigenvalue weighted by Gasteiger charge is 2.38. The van der Waals surface area contributed by atoms with E-state index in [4.69, 9.17) is 0 Å². The molecule has 2 nitrogen and oxygen atoms in total. The maximum Gasteiger partial charge on any atom is 0.233 e. The summed E-state index contributed by atoms with van der Waals surface area (Å²) in [4.78, 5) is 14.3. The van der Waals surface area contributed by atoms with E-state index >= 15 is 0 Å². The summed E-state index contributed by atoms with van der Waals surface area (Å²) in [6, 6.07) is 9.02. The number of carbonyl (C=O) groups is 1. The van der Waals surface area contributed by atoms with Crippen LogP contribution in [0.5, 0.6) is 0 Å². The van der Waals surface area contributed by atoms with Gasteiger partial charge in [-0.25, -0.2) is 0 Å². The van der Waals surface area contributed by atoms with Crippen molar-refractivity contribution in [1.82, 2.24) is 4.90 Å². The Morgan fingerprint density at radius 3 is 2.61 bits per heavy atom. The predicted molar refractivity (Wildman–Crippen MR) is 75.6 cm³/mol. The van der Waals surface area contributed by atoms with Crippen molar-refractivity contribution >= 4 is 21.8 Å². The van der Waals surface area contributed by atoms with E-state index in [1.54, 1.807) is 0 Å². The normalized spacial score (nSPS) is 23.4. The van der Waals surface area contributed by atoms with Gasteiger partial charge in [0.05, 0.1) is 5.33 Å². The zero-order valence-corrected chi connectivity index (χ0v) is 12.0. The maximum absolute atomic E-state index is 12.2. The molecule has 0 spiro atoms. The molecule has 0 aromatic heterocycles. The number of rotatable bonds is 2. The molecule has 1 amide bonds. The molecular formula is C15H18BrNO. The second kappa shape index (κ2) is 5.04. The number of carbonyl (C=O) groups excluding carboxylic acids is 1. The van der Waals surface area contributed by atoms with E-state index in [1.807, 2.05) is 0 Å². The lowest BCUT2D eigenvalue weighted by atomic mass is 10.0. The van der Waals surface area contributed by atoms with Crippen LogP contribution < -0.4 is 0 Å². The number of amides is 1. The monoisotopic (exact) mass is 307 g/mol. The number of hydrogen-bond acceptors (Lipinski definition) is 1. The number of benzene rings is 1. The van der Waals surface area contributed by atoms with Crippen LogP contribution in [0.4, 0.5) is 0 Å². The van der Waals surface area contributed by atoms with Gasteiger partial charge in [0.1, 0.15) is 0 Å². The van der Waals surface area contributed by atoms with Crippen molar-refractivity contribution in [2.24, 2.45) is 5.92 Å². The molecule has 3 heteroatoms. The van der Waals surface area contributed by atoms with Gasteiger partial charge < -0.3 is 4.90 Å². The third kappa shape index (κ3) is 2.33. The Kier molecular flexibility index (Phi) is 3.42. The van der Waals surface area contributed by atoms with Crippen molar-refractivity contribution in [2.45, 2.75) is 38.3 Å². The summed E-state index contributed by atoms with van der Waals surface area (Å²) in [5.41, 5.74) is 2.75. The van der Waals surface area contributed by atoms with Crippen LogP contribution in [0.15, 0.2) is 24.3 Å². The van der Waals surface area contributed by atoms with Crippen LogP contribution in [0.25, 0.3) is 0 Å². The van der Waals surface area contributed by atoms with Gasteiger partial charge in [0.15, 0.2) is 0 Å². The van der Waals surface area contributed by atoms with Crippen molar-refractivity contribution in [3.05, 3.63) is 35.4 Å². The molecule has 1 heterocycles. The van der Waals surface area contributed by atoms with Gasteiger partial charge in [-0.1, -0.05) is 40.2 Å². The summed E-state index contributed by atoms with van der Waals surface area (Å²) in [6.45, 7) is 0.793. The van der Waals surface area contributed by atoms with E-state index in [2.05, 4.69) is 45.1 Å². The Balaban J connectivity index is 1.90. The second-order valence-electron chi connectivity index (χ2n) is 5.37. The Bertz CT molecular complexity index is 456. The van der Waals surface area contributed by atoms with Crippen LogP contribution in [0, 0.1) is 5.92 Å². The fourth-order valence-electron chi connectivity index (χ4n) is 3.04. The highest BCUT2D eigenvalue weighted by molar-refractivity contribution is 9.09. The van der Waals surface area contributed by atoms with Crippen LogP contribution in [0.3, 0.4) is 0 Å². The molecule has 1 unspecified atom stereocenters. The maximum atomic E-state index is 12.2. The molecule has 0 bridgehead atoms. The molecule has 0 saturated heterocycles. The Labute approximate surface area is 116 Å². The molecule has 96 valence electrons. The highest BCUT2D eigenvalue weighted by Crippen LogP contribution is 2.39. The average molecular weight is 308 g/mol. The largest absolute Gasteiger partial charge is 0.334 e. The third-order valence-corrected chi connectivity index (χ3v) is 4.65. The number of aryl methyl sites for hydroxylation is 1. The minimum absolute atomic E-state index is 0.239. The molecule has 1 aromatic carbocycles. The van der Waals surface area contributed by atoms with Crippen LogP contribution in [0.2, 0.25) is 0 Å². The molecule has 1 aliphatic carbocycles. The van der Waals surface area contributed by atoms with Gasteiger partial charge >= 0.3 is 0 Å². The Hall–Kier alpha value is -0.830. The van der Waals surface area contributed by atoms with E-state index < -0.39 is 0 Å². The van der Waals surface area contributed by atoms with Crippen molar-refractivity contribution in [3.63, 3.8) is 0 Å². The summed E-state index contributed by atoms with van der Waals surface area (Å²) in [6.07, 6.45) is 4.84. The highest BCUT2D eigenvalue weighted by atomic mass is 79.9. The first kappa shape index (κ1) is 12.2. The lowest BCUT2D eigenvalue weighted by Gasteiger charge is -2.30. The van der Waals surface area contributed by atoms with Crippen LogP contribution in [-0.2, 0) is 17.8 Å². The van der Waals surface area contributed by atoms with Crippen molar-refractivity contribution in [2.75, 3.05) is 5.33 Å². The third-order valence-electron chi connectivity index (χ3n) is 4.17. The van der Waals surface area contributed by atoms with Gasteiger partial charge in [-0.3, -0.25) is 4.79 Å². The molecule has 1 aliphatic heterocycles. The Morgan fingerprint density at radius 2 is 1.94 bits per heavy atom. The van der Waals surface area contributed by atoms with E-state index in [0.717, 1.165) is 25.3 Å². The van der Waals surface area contributed by atoms with Gasteiger partial charge in [-0.15, -0.1) is 0 Å². The fourth-order valence-corrected chi connectivity index (χ4v) is 3.36. The van der Waals surface area contributed by atoms with E-state index in [9.17, 15) is 4.79 Å². The lowest BCUT2D eigenvalue weighted by molar-refractivity contribution is -0.131. The van der Waals surface area contributed by atoms with E-state index in [0.29, 0.717) is 11.4 Å². The molecule has 1 atom stereocenters. The molecule has 1 fully saturated rings. The SMILES string of the molecule is O=C(CBr)N1Cc2ccccc2CCC1C1CC1. The van der Waals surface area contributed by atoms with E-state index in [-0.39, 0.29) is 5.91 Å². The first-order valence-corrected chi connectivity index (χ1v) is 7.84. The van der Waals surface area contributed by atoms with Gasteiger partial charge in [0.25, 0.3) is 0 Å². The number of alkyl halides is 1. The summed E-state index contributed by atoms with van der Waals surface area (Å²) in [5.74, 6) is 0.992. The molecule has 0 radical (unpaired) electrons. The summed E-state index contributed by atoms with van der Waals surface area (Å²) in [7, 11) is 0. The molecular weight excluding hydrogens is 290 g/mol. The number of hydrogen-bond donors (Lipinski definition) is 0. The minimum atomic E-state index is 0.239. The van der Waals surface area contributed by atoms with Crippen LogP contribution in [-0.4, -0.2) is 22.2 Å². The van der Waals surface area contributed by atoms with Gasteiger partial charge in [0, 0.05) is 12.6 Å². The summed E-state index contributed by atoms with van der Waals surface area (Å²) < 4.78 is 0. The smallest absolute Gasteiger partial charge is 0.233 e. The van der Waals surface area contributed by atoms with E-state index in [1.165, 1.54) is 24.0 Å².